The molecule has 0 aliphatic heterocycles. The minimum absolute atomic E-state index is 0.265. The van der Waals surface area contributed by atoms with Crippen LogP contribution in [0.1, 0.15) is 5.82 Å². The number of methoxy groups -OCH3 is 1. The van der Waals surface area contributed by atoms with E-state index < -0.39 is 0 Å². The Morgan fingerprint density at radius 3 is 2.85 bits per heavy atom. The quantitative estimate of drug-likeness (QED) is 0.513. The molecule has 0 unspecified atom stereocenters. The van der Waals surface area contributed by atoms with Crippen molar-refractivity contribution in [3.63, 3.8) is 0 Å². The van der Waals surface area contributed by atoms with Gasteiger partial charge in [-0.25, -0.2) is 15.0 Å². The molecule has 0 aliphatic carbocycles. The molecule has 4 aromatic rings. The van der Waals surface area contributed by atoms with Crippen LogP contribution in [0.15, 0.2) is 41.1 Å². The van der Waals surface area contributed by atoms with Crippen LogP contribution < -0.4 is 15.4 Å². The molecule has 3 heterocycles. The lowest BCUT2D eigenvalue weighted by Crippen LogP contribution is -2.18. The Morgan fingerprint density at radius 2 is 2.08 bits per heavy atom. The summed E-state index contributed by atoms with van der Waals surface area (Å²) in [6.07, 6.45) is 1.73. The van der Waals surface area contributed by atoms with Gasteiger partial charge in [0.05, 0.1) is 19.3 Å². The van der Waals surface area contributed by atoms with Crippen LogP contribution >= 0.6 is 15.9 Å². The smallest absolute Gasteiger partial charge is 0.223 e. The lowest BCUT2D eigenvalue weighted by Gasteiger charge is -2.17. The van der Waals surface area contributed by atoms with E-state index in [4.69, 9.17) is 10.5 Å². The standard InChI is InChI=1S/C17H16BrN7O/c1-24(11-6-4-8-20-15(11)18)9-13-21-16-10-5-3-7-12(26-2)14(10)22-17(19)25(16)23-13/h3-8H,9H2,1-2H3,(H2,19,22). The summed E-state index contributed by atoms with van der Waals surface area (Å²) in [5.41, 5.74) is 8.36. The van der Waals surface area contributed by atoms with Crippen LogP contribution in [0.5, 0.6) is 5.75 Å². The molecule has 8 nitrogen and oxygen atoms in total. The lowest BCUT2D eigenvalue weighted by molar-refractivity contribution is 0.419. The molecule has 0 aliphatic rings. The number of aromatic nitrogens is 5. The second kappa shape index (κ2) is 6.41. The van der Waals surface area contributed by atoms with Crippen molar-refractivity contribution in [3.8, 4) is 5.75 Å². The van der Waals surface area contributed by atoms with Gasteiger partial charge in [-0.05, 0) is 40.2 Å². The molecule has 0 spiro atoms. The zero-order valence-electron chi connectivity index (χ0n) is 14.2. The number of nitrogens with zero attached hydrogens (tertiary/aromatic N) is 6. The fraction of sp³-hybridized carbons (Fsp3) is 0.176. The first-order valence-corrected chi connectivity index (χ1v) is 8.67. The Labute approximate surface area is 157 Å². The van der Waals surface area contributed by atoms with Gasteiger partial charge >= 0.3 is 0 Å². The monoisotopic (exact) mass is 413 g/mol. The third-order valence-electron chi connectivity index (χ3n) is 4.08. The number of rotatable bonds is 4. The number of anilines is 2. The van der Waals surface area contributed by atoms with Crippen molar-refractivity contribution < 1.29 is 4.74 Å². The Morgan fingerprint density at radius 1 is 1.23 bits per heavy atom. The molecule has 4 rings (SSSR count). The van der Waals surface area contributed by atoms with Gasteiger partial charge in [0.25, 0.3) is 0 Å². The lowest BCUT2D eigenvalue weighted by atomic mass is 10.2. The van der Waals surface area contributed by atoms with E-state index in [1.165, 1.54) is 0 Å². The fourth-order valence-corrected chi connectivity index (χ4v) is 3.41. The molecule has 3 aromatic heterocycles. The molecule has 0 amide bonds. The Kier molecular flexibility index (Phi) is 4.08. The summed E-state index contributed by atoms with van der Waals surface area (Å²) in [5, 5.41) is 5.35. The highest BCUT2D eigenvalue weighted by Gasteiger charge is 2.16. The van der Waals surface area contributed by atoms with Crippen molar-refractivity contribution >= 4 is 44.1 Å². The Hall–Kier alpha value is -2.94. The van der Waals surface area contributed by atoms with Gasteiger partial charge < -0.3 is 15.4 Å². The molecular formula is C17H16BrN7O. The molecule has 132 valence electrons. The molecule has 0 bridgehead atoms. The van der Waals surface area contributed by atoms with E-state index in [1.54, 1.807) is 17.8 Å². The van der Waals surface area contributed by atoms with Crippen LogP contribution in [-0.2, 0) is 6.54 Å². The van der Waals surface area contributed by atoms with E-state index in [9.17, 15) is 0 Å². The first-order valence-electron chi connectivity index (χ1n) is 7.88. The highest BCUT2D eigenvalue weighted by atomic mass is 79.9. The maximum absolute atomic E-state index is 6.09. The van der Waals surface area contributed by atoms with Gasteiger partial charge in [-0.2, -0.15) is 4.52 Å². The predicted molar refractivity (Wildman–Crippen MR) is 103 cm³/mol. The number of nitrogen functional groups attached to an aromatic ring is 1. The number of hydrogen-bond donors (Lipinski definition) is 1. The van der Waals surface area contributed by atoms with Crippen molar-refractivity contribution in [1.82, 2.24) is 24.6 Å². The van der Waals surface area contributed by atoms with E-state index in [1.807, 2.05) is 42.3 Å². The maximum Gasteiger partial charge on any atom is 0.223 e. The predicted octanol–water partition coefficient (Wildman–Crippen LogP) is 2.66. The molecule has 0 saturated heterocycles. The highest BCUT2D eigenvalue weighted by molar-refractivity contribution is 9.10. The summed E-state index contributed by atoms with van der Waals surface area (Å²) in [7, 11) is 3.56. The van der Waals surface area contributed by atoms with Crippen LogP contribution in [0.25, 0.3) is 16.6 Å². The molecular weight excluding hydrogens is 398 g/mol. The number of para-hydroxylation sites is 1. The van der Waals surface area contributed by atoms with Crippen molar-refractivity contribution in [1.29, 1.82) is 0 Å². The topological polar surface area (TPSA) is 94.5 Å². The van der Waals surface area contributed by atoms with Crippen molar-refractivity contribution in [3.05, 3.63) is 47.0 Å². The maximum atomic E-state index is 6.09. The number of nitrogens with two attached hydrogens (primary N) is 1. The average Bonchev–Trinajstić information content (AvgIpc) is 3.06. The normalized spacial score (nSPS) is 11.2. The molecule has 2 N–H and O–H groups in total. The third kappa shape index (κ3) is 2.70. The molecule has 0 saturated carbocycles. The van der Waals surface area contributed by atoms with E-state index in [0.717, 1.165) is 15.7 Å². The first kappa shape index (κ1) is 16.5. The zero-order chi connectivity index (χ0) is 18.3. The number of halogens is 1. The van der Waals surface area contributed by atoms with Crippen molar-refractivity contribution in [2.45, 2.75) is 6.54 Å². The summed E-state index contributed by atoms with van der Waals surface area (Å²) in [6.45, 7) is 0.497. The van der Waals surface area contributed by atoms with E-state index >= 15 is 0 Å². The zero-order valence-corrected chi connectivity index (χ0v) is 15.8. The Bertz CT molecular complexity index is 1110. The number of hydrogen-bond acceptors (Lipinski definition) is 7. The number of pyridine rings is 1. The molecule has 9 heteroatoms. The minimum Gasteiger partial charge on any atom is -0.494 e. The van der Waals surface area contributed by atoms with Crippen LogP contribution in [0.3, 0.4) is 0 Å². The Balaban J connectivity index is 1.79. The highest BCUT2D eigenvalue weighted by Crippen LogP contribution is 2.28. The van der Waals surface area contributed by atoms with Gasteiger partial charge in [0, 0.05) is 18.6 Å². The molecule has 0 radical (unpaired) electrons. The van der Waals surface area contributed by atoms with Gasteiger partial charge in [0.2, 0.25) is 5.95 Å². The van der Waals surface area contributed by atoms with Gasteiger partial charge in [0.15, 0.2) is 11.5 Å². The van der Waals surface area contributed by atoms with E-state index in [0.29, 0.717) is 29.3 Å². The van der Waals surface area contributed by atoms with Gasteiger partial charge in [0.1, 0.15) is 15.9 Å². The van der Waals surface area contributed by atoms with Crippen LogP contribution in [0.4, 0.5) is 11.6 Å². The van der Waals surface area contributed by atoms with Crippen LogP contribution in [-0.4, -0.2) is 38.7 Å². The van der Waals surface area contributed by atoms with Crippen molar-refractivity contribution in [2.75, 3.05) is 24.8 Å². The number of fused-ring (bicyclic) bond motifs is 3. The summed E-state index contributed by atoms with van der Waals surface area (Å²) < 4.78 is 7.70. The summed E-state index contributed by atoms with van der Waals surface area (Å²) in [5.74, 6) is 1.55. The number of ether oxygens (including phenoxy) is 1. The van der Waals surface area contributed by atoms with E-state index in [-0.39, 0.29) is 5.95 Å². The molecule has 0 fully saturated rings. The number of benzene rings is 1. The largest absolute Gasteiger partial charge is 0.494 e. The van der Waals surface area contributed by atoms with Crippen molar-refractivity contribution in [2.24, 2.45) is 0 Å². The average molecular weight is 414 g/mol. The van der Waals surface area contributed by atoms with Gasteiger partial charge in [-0.15, -0.1) is 5.10 Å². The third-order valence-corrected chi connectivity index (χ3v) is 4.69. The summed E-state index contributed by atoms with van der Waals surface area (Å²) >= 11 is 3.46. The SMILES string of the molecule is COc1cccc2c1nc(N)n1nc(CN(C)c3cccnc3Br)nc21. The molecule has 1 aromatic carbocycles. The summed E-state index contributed by atoms with van der Waals surface area (Å²) in [4.78, 5) is 15.3. The van der Waals surface area contributed by atoms with Crippen LogP contribution in [0, 0.1) is 0 Å². The second-order valence-corrected chi connectivity index (χ2v) is 6.51. The van der Waals surface area contributed by atoms with Gasteiger partial charge in [-0.1, -0.05) is 6.07 Å². The summed E-state index contributed by atoms with van der Waals surface area (Å²) in [6, 6.07) is 9.53. The molecule has 0 atom stereocenters. The first-order chi connectivity index (χ1) is 12.6. The van der Waals surface area contributed by atoms with Gasteiger partial charge in [-0.3, -0.25) is 0 Å². The van der Waals surface area contributed by atoms with Crippen LogP contribution in [0.2, 0.25) is 0 Å². The fourth-order valence-electron chi connectivity index (χ4n) is 2.86. The van der Waals surface area contributed by atoms with E-state index in [2.05, 4.69) is 36.0 Å². The second-order valence-electron chi connectivity index (χ2n) is 5.76. The molecule has 26 heavy (non-hydrogen) atoms. The minimum atomic E-state index is 0.265.